The van der Waals surface area contributed by atoms with Crippen LogP contribution in [0.2, 0.25) is 0 Å². The summed E-state index contributed by atoms with van der Waals surface area (Å²) in [6.45, 7) is 5.47. The second-order valence-electron chi connectivity index (χ2n) is 9.89. The molecule has 1 aromatic carbocycles. The van der Waals surface area contributed by atoms with E-state index in [-0.39, 0.29) is 17.6 Å². The van der Waals surface area contributed by atoms with Crippen molar-refractivity contribution in [3.63, 3.8) is 0 Å². The molecule has 6 rings (SSSR count). The van der Waals surface area contributed by atoms with Crippen LogP contribution in [0.4, 0.5) is 0 Å². The van der Waals surface area contributed by atoms with E-state index in [2.05, 4.69) is 38.4 Å². The lowest BCUT2D eigenvalue weighted by molar-refractivity contribution is 0.0550. The van der Waals surface area contributed by atoms with Crippen LogP contribution in [0.1, 0.15) is 53.3 Å². The van der Waals surface area contributed by atoms with Gasteiger partial charge in [0.25, 0.3) is 11.5 Å². The van der Waals surface area contributed by atoms with E-state index in [0.29, 0.717) is 49.9 Å². The van der Waals surface area contributed by atoms with E-state index in [1.165, 1.54) is 11.8 Å². The summed E-state index contributed by atoms with van der Waals surface area (Å²) in [5.74, 6) is 0.793. The Balaban J connectivity index is 1.36. The Bertz CT molecular complexity index is 1460. The van der Waals surface area contributed by atoms with Crippen molar-refractivity contribution in [2.45, 2.75) is 44.9 Å². The summed E-state index contributed by atoms with van der Waals surface area (Å²) < 4.78 is 12.9. The number of nitrogens with one attached hydrogen (secondary N) is 1. The van der Waals surface area contributed by atoms with Crippen LogP contribution in [-0.4, -0.2) is 79.8 Å². The van der Waals surface area contributed by atoms with Crippen LogP contribution < -0.4 is 5.56 Å². The highest BCUT2D eigenvalue weighted by atomic mass is 16.5. The number of rotatable bonds is 7. The van der Waals surface area contributed by atoms with Crippen molar-refractivity contribution < 1.29 is 13.9 Å². The molecule has 2 aliphatic heterocycles. The van der Waals surface area contributed by atoms with Crippen molar-refractivity contribution in [1.82, 2.24) is 35.0 Å². The van der Waals surface area contributed by atoms with Crippen molar-refractivity contribution in [1.29, 1.82) is 0 Å². The van der Waals surface area contributed by atoms with Gasteiger partial charge in [0.2, 0.25) is 0 Å². The van der Waals surface area contributed by atoms with E-state index < -0.39 is 6.04 Å². The van der Waals surface area contributed by atoms with E-state index in [9.17, 15) is 9.59 Å². The average molecular weight is 518 g/mol. The number of hydrogen-bond donors (Lipinski definition) is 1. The lowest BCUT2D eigenvalue weighted by atomic mass is 10.0. The zero-order chi connectivity index (χ0) is 26.1. The number of H-pyrrole nitrogens is 1. The molecule has 0 saturated carbocycles. The number of hydrogen-bond acceptors (Lipinski definition) is 8. The lowest BCUT2D eigenvalue weighted by Gasteiger charge is -2.38. The molecule has 11 nitrogen and oxygen atoms in total. The average Bonchev–Trinajstić information content (AvgIpc) is 3.74. The number of carbonyl (C=O) groups is 1. The maximum Gasteiger partial charge on any atom is 0.289 e. The van der Waals surface area contributed by atoms with Crippen LogP contribution in [0.15, 0.2) is 51.9 Å². The van der Waals surface area contributed by atoms with Crippen molar-refractivity contribution in [3.05, 3.63) is 75.7 Å². The standard InChI is InChI=1S/C27H31N7O4/c1-2-18-7-8-22-19(15-18)16-21(26(35)28-22)24(25-29-30-31-34(25)17-20-5-3-13-37-20)32-9-11-33(12-10-32)27(36)23-6-4-14-38-23/h4,6-8,14-16,20,24H,2-3,5,9-13,17H2,1H3,(H,28,35)/t20-,24-/m0/s1. The molecular weight excluding hydrogens is 486 g/mol. The zero-order valence-corrected chi connectivity index (χ0v) is 21.4. The van der Waals surface area contributed by atoms with Gasteiger partial charge in [-0.15, -0.1) is 5.10 Å². The lowest BCUT2D eigenvalue weighted by Crippen LogP contribution is -2.50. The SMILES string of the molecule is CCc1ccc2[nH]c(=O)c([C@@H](c3nnnn3C[C@@H]3CCCO3)N3CCN(C(=O)c4ccco4)CC3)cc2c1. The van der Waals surface area contributed by atoms with Gasteiger partial charge in [0.15, 0.2) is 11.6 Å². The number of piperazine rings is 1. The molecule has 2 fully saturated rings. The van der Waals surface area contributed by atoms with Crippen molar-refractivity contribution in [2.75, 3.05) is 32.8 Å². The summed E-state index contributed by atoms with van der Waals surface area (Å²) in [5, 5.41) is 13.7. The molecule has 0 radical (unpaired) electrons. The molecule has 0 spiro atoms. The Labute approximate surface area is 219 Å². The first kappa shape index (κ1) is 24.5. The number of aromatic nitrogens is 5. The van der Waals surface area contributed by atoms with Crippen LogP contribution in [-0.2, 0) is 17.7 Å². The summed E-state index contributed by atoms with van der Waals surface area (Å²) in [4.78, 5) is 33.4. The van der Waals surface area contributed by atoms with E-state index in [1.54, 1.807) is 21.7 Å². The molecule has 3 aromatic heterocycles. The predicted molar refractivity (Wildman–Crippen MR) is 139 cm³/mol. The van der Waals surface area contributed by atoms with Gasteiger partial charge in [-0.2, -0.15) is 0 Å². The number of fused-ring (bicyclic) bond motifs is 1. The third-order valence-electron chi connectivity index (χ3n) is 7.54. The quantitative estimate of drug-likeness (QED) is 0.397. The number of aryl methyl sites for hydroxylation is 1. The Morgan fingerprint density at radius 2 is 2.05 bits per heavy atom. The van der Waals surface area contributed by atoms with E-state index in [4.69, 9.17) is 9.15 Å². The van der Waals surface area contributed by atoms with Crippen molar-refractivity contribution >= 4 is 16.8 Å². The number of nitrogens with zero attached hydrogens (tertiary/aromatic N) is 6. The van der Waals surface area contributed by atoms with Crippen LogP contribution in [0.3, 0.4) is 0 Å². The second-order valence-corrected chi connectivity index (χ2v) is 9.89. The number of carbonyl (C=O) groups excluding carboxylic acids is 1. The maximum absolute atomic E-state index is 13.5. The predicted octanol–water partition coefficient (Wildman–Crippen LogP) is 2.40. The maximum atomic E-state index is 13.5. The minimum atomic E-state index is -0.481. The first-order chi connectivity index (χ1) is 18.6. The highest BCUT2D eigenvalue weighted by Gasteiger charge is 2.34. The van der Waals surface area contributed by atoms with Gasteiger partial charge < -0.3 is 19.0 Å². The molecule has 5 heterocycles. The van der Waals surface area contributed by atoms with Gasteiger partial charge in [-0.1, -0.05) is 13.0 Å². The Hall–Kier alpha value is -3.83. The molecule has 0 unspecified atom stereocenters. The Morgan fingerprint density at radius 1 is 1.18 bits per heavy atom. The fourth-order valence-electron chi connectivity index (χ4n) is 5.45. The van der Waals surface area contributed by atoms with E-state index >= 15 is 0 Å². The fourth-order valence-corrected chi connectivity index (χ4v) is 5.45. The van der Waals surface area contributed by atoms with Gasteiger partial charge in [-0.25, -0.2) is 4.68 Å². The summed E-state index contributed by atoms with van der Waals surface area (Å²) in [6.07, 6.45) is 4.42. The largest absolute Gasteiger partial charge is 0.459 e. The van der Waals surface area contributed by atoms with Crippen LogP contribution in [0.25, 0.3) is 10.9 Å². The Kier molecular flexibility index (Phi) is 6.77. The molecule has 1 N–H and O–H groups in total. The molecule has 2 saturated heterocycles. The number of ether oxygens (including phenoxy) is 1. The van der Waals surface area contributed by atoms with Gasteiger partial charge in [0.05, 0.1) is 18.9 Å². The molecule has 38 heavy (non-hydrogen) atoms. The van der Waals surface area contributed by atoms with Gasteiger partial charge in [0.1, 0.15) is 6.04 Å². The zero-order valence-electron chi connectivity index (χ0n) is 21.4. The molecule has 0 aliphatic carbocycles. The molecule has 11 heteroatoms. The van der Waals surface area contributed by atoms with Crippen LogP contribution in [0.5, 0.6) is 0 Å². The third-order valence-corrected chi connectivity index (χ3v) is 7.54. The molecule has 198 valence electrons. The number of pyridine rings is 1. The number of tetrazole rings is 1. The van der Waals surface area contributed by atoms with Gasteiger partial charge >= 0.3 is 0 Å². The number of aromatic amines is 1. The summed E-state index contributed by atoms with van der Waals surface area (Å²) in [7, 11) is 0. The normalized spacial score (nSPS) is 19.3. The van der Waals surface area contributed by atoms with E-state index in [1.807, 2.05) is 18.2 Å². The minimum absolute atomic E-state index is 0.0441. The molecule has 1 amide bonds. The summed E-state index contributed by atoms with van der Waals surface area (Å²) in [5.41, 5.74) is 2.40. The highest BCUT2D eigenvalue weighted by Crippen LogP contribution is 2.29. The topological polar surface area (TPSA) is 122 Å². The van der Waals surface area contributed by atoms with Crippen LogP contribution in [0, 0.1) is 0 Å². The number of benzene rings is 1. The molecule has 4 aromatic rings. The second kappa shape index (κ2) is 10.5. The summed E-state index contributed by atoms with van der Waals surface area (Å²) >= 11 is 0. The fraction of sp³-hybridized carbons (Fsp3) is 0.444. The molecule has 2 atom stereocenters. The molecular formula is C27H31N7O4. The Morgan fingerprint density at radius 3 is 2.79 bits per heavy atom. The van der Waals surface area contributed by atoms with Gasteiger partial charge in [-0.3, -0.25) is 14.5 Å². The first-order valence-corrected chi connectivity index (χ1v) is 13.2. The highest BCUT2D eigenvalue weighted by molar-refractivity contribution is 5.91. The van der Waals surface area contributed by atoms with Crippen molar-refractivity contribution in [2.24, 2.45) is 0 Å². The smallest absolute Gasteiger partial charge is 0.289 e. The van der Waals surface area contributed by atoms with E-state index in [0.717, 1.165) is 36.8 Å². The van der Waals surface area contributed by atoms with Gasteiger partial charge in [-0.05, 0) is 71.0 Å². The summed E-state index contributed by atoms with van der Waals surface area (Å²) in [6, 6.07) is 11.0. The number of amides is 1. The molecule has 0 bridgehead atoms. The third kappa shape index (κ3) is 4.74. The van der Waals surface area contributed by atoms with Gasteiger partial charge in [0, 0.05) is 43.9 Å². The molecule has 2 aliphatic rings. The minimum Gasteiger partial charge on any atom is -0.459 e. The monoisotopic (exact) mass is 517 g/mol. The first-order valence-electron chi connectivity index (χ1n) is 13.2. The van der Waals surface area contributed by atoms with Crippen molar-refractivity contribution in [3.8, 4) is 0 Å². The van der Waals surface area contributed by atoms with Crippen LogP contribution >= 0.6 is 0 Å². The number of furan rings is 1.